The molecule has 7 heteroatoms. The van der Waals surface area contributed by atoms with Crippen LogP contribution in [0, 0.1) is 11.6 Å². The van der Waals surface area contributed by atoms with Gasteiger partial charge in [0.05, 0.1) is 12.1 Å². The molecule has 2 aliphatic rings. The van der Waals surface area contributed by atoms with E-state index in [1.165, 1.54) is 24.3 Å². The monoisotopic (exact) mass is 392 g/mol. The Hall–Kier alpha value is -1.73. The van der Waals surface area contributed by atoms with Crippen LogP contribution in [-0.4, -0.2) is 17.5 Å². The molecule has 136 valence electrons. The molecule has 0 aliphatic carbocycles. The number of rotatable bonds is 2. The third-order valence-electron chi connectivity index (χ3n) is 4.63. The number of carbonyl (C=O) groups excluding carboxylic acids is 1. The van der Waals surface area contributed by atoms with E-state index in [1.807, 2.05) is 0 Å². The fourth-order valence-corrected chi connectivity index (χ4v) is 5.60. The lowest BCUT2D eigenvalue weighted by Gasteiger charge is -2.29. The molecule has 3 nitrogen and oxygen atoms in total. The molecule has 0 radical (unpaired) electrons. The predicted molar refractivity (Wildman–Crippen MR) is 101 cm³/mol. The van der Waals surface area contributed by atoms with Gasteiger partial charge in [-0.2, -0.15) is 0 Å². The van der Waals surface area contributed by atoms with Crippen LogP contribution in [0.15, 0.2) is 46.2 Å². The van der Waals surface area contributed by atoms with E-state index in [0.29, 0.717) is 0 Å². The van der Waals surface area contributed by atoms with Crippen LogP contribution in [0.25, 0.3) is 0 Å². The summed E-state index contributed by atoms with van der Waals surface area (Å²) in [6.07, 6.45) is 1.50. The van der Waals surface area contributed by atoms with E-state index in [2.05, 4.69) is 10.6 Å². The molecular weight excluding hydrogens is 374 g/mol. The van der Waals surface area contributed by atoms with E-state index < -0.39 is 0 Å². The Morgan fingerprint density at radius 3 is 1.77 bits per heavy atom. The molecular formula is C19H18F2N2OS2. The number of urea groups is 1. The first kappa shape index (κ1) is 17.7. The quantitative estimate of drug-likeness (QED) is 0.752. The highest BCUT2D eigenvalue weighted by Crippen LogP contribution is 2.38. The van der Waals surface area contributed by atoms with Gasteiger partial charge in [-0.3, -0.25) is 0 Å². The maximum atomic E-state index is 13.6. The molecule has 0 saturated heterocycles. The van der Waals surface area contributed by atoms with Crippen LogP contribution in [-0.2, 0) is 0 Å². The summed E-state index contributed by atoms with van der Waals surface area (Å²) in [6.45, 7) is 0. The maximum Gasteiger partial charge on any atom is 0.315 e. The first-order valence-electron chi connectivity index (χ1n) is 8.51. The molecule has 2 N–H and O–H groups in total. The summed E-state index contributed by atoms with van der Waals surface area (Å²) in [5.41, 5.74) is 1.64. The molecule has 2 aromatic rings. The van der Waals surface area contributed by atoms with Gasteiger partial charge in [0.1, 0.15) is 11.6 Å². The number of hydrogen-bond acceptors (Lipinski definition) is 3. The van der Waals surface area contributed by atoms with Crippen molar-refractivity contribution in [1.29, 1.82) is 0 Å². The van der Waals surface area contributed by atoms with Gasteiger partial charge in [-0.05, 0) is 60.4 Å². The van der Waals surface area contributed by atoms with Crippen molar-refractivity contribution < 1.29 is 13.6 Å². The fraction of sp³-hybridized carbons (Fsp3) is 0.316. The van der Waals surface area contributed by atoms with Crippen LogP contribution >= 0.6 is 23.5 Å². The minimum atomic E-state index is -0.302. The third kappa shape index (κ3) is 3.69. The summed E-state index contributed by atoms with van der Waals surface area (Å²) >= 11 is 3.35. The Morgan fingerprint density at radius 2 is 1.31 bits per heavy atom. The number of halogens is 2. The zero-order valence-electron chi connectivity index (χ0n) is 13.9. The largest absolute Gasteiger partial charge is 0.331 e. The Kier molecular flexibility index (Phi) is 5.09. The van der Waals surface area contributed by atoms with Crippen molar-refractivity contribution in [2.24, 2.45) is 0 Å². The highest BCUT2D eigenvalue weighted by atomic mass is 32.2. The molecule has 0 saturated carbocycles. The number of carbonyl (C=O) groups is 1. The molecule has 2 aromatic carbocycles. The second kappa shape index (κ2) is 7.48. The number of amides is 2. The second-order valence-corrected chi connectivity index (χ2v) is 8.64. The predicted octanol–water partition coefficient (Wildman–Crippen LogP) is 5.04. The average molecular weight is 392 g/mol. The Bertz CT molecular complexity index is 779. The molecule has 0 unspecified atom stereocenters. The van der Waals surface area contributed by atoms with Crippen molar-refractivity contribution in [2.45, 2.75) is 34.7 Å². The van der Waals surface area contributed by atoms with E-state index >= 15 is 0 Å². The normalized spacial score (nSPS) is 21.5. The third-order valence-corrected chi connectivity index (χ3v) is 6.88. The molecule has 2 aliphatic heterocycles. The number of benzene rings is 2. The molecule has 2 heterocycles. The molecule has 0 aromatic heterocycles. The van der Waals surface area contributed by atoms with Gasteiger partial charge in [0.25, 0.3) is 0 Å². The van der Waals surface area contributed by atoms with E-state index in [-0.39, 0.29) is 29.7 Å². The van der Waals surface area contributed by atoms with Gasteiger partial charge < -0.3 is 10.6 Å². The molecule has 2 amide bonds. The number of thioether (sulfide) groups is 2. The van der Waals surface area contributed by atoms with Crippen molar-refractivity contribution in [2.75, 3.05) is 11.5 Å². The van der Waals surface area contributed by atoms with Crippen molar-refractivity contribution in [3.05, 3.63) is 59.2 Å². The highest BCUT2D eigenvalue weighted by Gasteiger charge is 2.26. The van der Waals surface area contributed by atoms with Crippen LogP contribution in [0.4, 0.5) is 13.6 Å². The van der Waals surface area contributed by atoms with Gasteiger partial charge in [0.15, 0.2) is 0 Å². The van der Waals surface area contributed by atoms with Gasteiger partial charge in [-0.15, -0.1) is 23.5 Å². The van der Waals surface area contributed by atoms with Crippen LogP contribution in [0.5, 0.6) is 0 Å². The first-order chi connectivity index (χ1) is 12.6. The van der Waals surface area contributed by atoms with Crippen molar-refractivity contribution in [3.8, 4) is 0 Å². The average Bonchev–Trinajstić information content (AvgIpc) is 2.63. The van der Waals surface area contributed by atoms with Crippen LogP contribution < -0.4 is 10.6 Å². The molecule has 4 rings (SSSR count). The molecule has 0 fully saturated rings. The fourth-order valence-electron chi connectivity index (χ4n) is 3.39. The summed E-state index contributed by atoms with van der Waals surface area (Å²) in [7, 11) is 0. The topological polar surface area (TPSA) is 41.1 Å². The highest BCUT2D eigenvalue weighted by molar-refractivity contribution is 7.99. The Morgan fingerprint density at radius 1 is 0.846 bits per heavy atom. The lowest BCUT2D eigenvalue weighted by Crippen LogP contribution is -2.41. The van der Waals surface area contributed by atoms with Crippen molar-refractivity contribution in [1.82, 2.24) is 10.6 Å². The zero-order chi connectivity index (χ0) is 18.1. The Balaban J connectivity index is 1.48. The van der Waals surface area contributed by atoms with E-state index in [9.17, 15) is 13.6 Å². The molecule has 0 spiro atoms. The molecule has 26 heavy (non-hydrogen) atoms. The molecule has 0 bridgehead atoms. The lowest BCUT2D eigenvalue weighted by atomic mass is 10.0. The van der Waals surface area contributed by atoms with Crippen molar-refractivity contribution >= 4 is 29.6 Å². The van der Waals surface area contributed by atoms with E-state index in [4.69, 9.17) is 0 Å². The lowest BCUT2D eigenvalue weighted by molar-refractivity contribution is 0.232. The Labute approximate surface area is 159 Å². The van der Waals surface area contributed by atoms with Crippen LogP contribution in [0.3, 0.4) is 0 Å². The standard InChI is InChI=1S/C19H18F2N2OS2/c20-11-1-3-17-13(9-11)15(5-7-25-17)22-19(24)23-16-6-8-26-18-4-2-12(21)10-14(16)18/h1-4,9-10,15-16H,5-8H2,(H2,22,23,24)/t15-,16-/m0/s1. The minimum Gasteiger partial charge on any atom is -0.331 e. The SMILES string of the molecule is O=C(N[C@H]1CCSc2ccc(F)cc21)N[C@H]1CCSc2ccc(F)cc21. The van der Waals surface area contributed by atoms with Gasteiger partial charge in [-0.1, -0.05) is 0 Å². The molecule has 2 atom stereocenters. The second-order valence-electron chi connectivity index (χ2n) is 6.36. The maximum absolute atomic E-state index is 13.6. The zero-order valence-corrected chi connectivity index (χ0v) is 15.6. The van der Waals surface area contributed by atoms with Gasteiger partial charge in [-0.25, -0.2) is 13.6 Å². The first-order valence-corrected chi connectivity index (χ1v) is 10.5. The van der Waals surface area contributed by atoms with Gasteiger partial charge in [0, 0.05) is 21.3 Å². The smallest absolute Gasteiger partial charge is 0.315 e. The van der Waals surface area contributed by atoms with E-state index in [1.54, 1.807) is 35.7 Å². The number of fused-ring (bicyclic) bond motifs is 2. The summed E-state index contributed by atoms with van der Waals surface area (Å²) in [5, 5.41) is 5.93. The summed E-state index contributed by atoms with van der Waals surface area (Å²) in [4.78, 5) is 14.6. The number of hydrogen-bond donors (Lipinski definition) is 2. The van der Waals surface area contributed by atoms with Crippen LogP contribution in [0.1, 0.15) is 36.1 Å². The summed E-state index contributed by atoms with van der Waals surface area (Å²) in [5.74, 6) is 1.15. The van der Waals surface area contributed by atoms with Gasteiger partial charge >= 0.3 is 6.03 Å². The number of nitrogens with one attached hydrogen (secondary N) is 2. The van der Waals surface area contributed by atoms with Gasteiger partial charge in [0.2, 0.25) is 0 Å². The summed E-state index contributed by atoms with van der Waals surface area (Å²) < 4.78 is 27.2. The van der Waals surface area contributed by atoms with E-state index in [0.717, 1.165) is 45.3 Å². The minimum absolute atomic E-state index is 0.216. The van der Waals surface area contributed by atoms with Crippen molar-refractivity contribution in [3.63, 3.8) is 0 Å². The van der Waals surface area contributed by atoms with Crippen LogP contribution in [0.2, 0.25) is 0 Å². The summed E-state index contributed by atoms with van der Waals surface area (Å²) in [6, 6.07) is 8.67.